The van der Waals surface area contributed by atoms with Crippen LogP contribution in [0.25, 0.3) is 21.6 Å². The summed E-state index contributed by atoms with van der Waals surface area (Å²) in [5, 5.41) is 2.70. The molecule has 2 heterocycles. The summed E-state index contributed by atoms with van der Waals surface area (Å²) in [6.45, 7) is 0. The normalized spacial score (nSPS) is 10.7. The van der Waals surface area contributed by atoms with Crippen LogP contribution in [-0.4, -0.2) is 24.2 Å². The van der Waals surface area contributed by atoms with E-state index in [9.17, 15) is 0 Å². The molecule has 3 rings (SSSR count). The number of methoxy groups -OCH3 is 2. The minimum Gasteiger partial charge on any atom is -0.497 e. The minimum atomic E-state index is 0.441. The fourth-order valence-corrected chi connectivity index (χ4v) is 2.70. The van der Waals surface area contributed by atoms with Crippen molar-refractivity contribution >= 4 is 28.1 Å². The zero-order chi connectivity index (χ0) is 14.1. The van der Waals surface area contributed by atoms with Crippen LogP contribution in [0, 0.1) is 0 Å². The lowest BCUT2D eigenvalue weighted by atomic mass is 10.2. The molecule has 0 saturated heterocycles. The third kappa shape index (κ3) is 2.14. The Bertz CT molecular complexity index is 770. The largest absolute Gasteiger partial charge is 0.497 e. The lowest BCUT2D eigenvalue weighted by molar-refractivity contribution is 0.415. The molecular formula is C14H13N3O2S. The van der Waals surface area contributed by atoms with E-state index in [0.29, 0.717) is 11.6 Å². The molecule has 0 aliphatic rings. The maximum Gasteiger partial charge on any atom is 0.172 e. The maximum absolute atomic E-state index is 6.02. The number of hydrogen-bond acceptors (Lipinski definition) is 6. The molecule has 5 nitrogen and oxygen atoms in total. The van der Waals surface area contributed by atoms with Gasteiger partial charge in [-0.15, -0.1) is 11.3 Å². The first-order chi connectivity index (χ1) is 9.71. The van der Waals surface area contributed by atoms with E-state index in [1.54, 1.807) is 14.2 Å². The number of benzene rings is 1. The van der Waals surface area contributed by atoms with Crippen LogP contribution in [0.1, 0.15) is 0 Å². The highest BCUT2D eigenvalue weighted by atomic mass is 32.1. The molecule has 102 valence electrons. The Morgan fingerprint density at radius 2 is 1.85 bits per heavy atom. The van der Waals surface area contributed by atoms with Crippen molar-refractivity contribution in [2.24, 2.45) is 0 Å². The molecule has 0 radical (unpaired) electrons. The summed E-state index contributed by atoms with van der Waals surface area (Å²) in [5.74, 6) is 2.57. The van der Waals surface area contributed by atoms with Gasteiger partial charge in [-0.25, -0.2) is 9.97 Å². The Morgan fingerprint density at radius 3 is 2.55 bits per heavy atom. The van der Waals surface area contributed by atoms with Gasteiger partial charge in [0.1, 0.15) is 17.3 Å². The Hall–Kier alpha value is -2.34. The highest BCUT2D eigenvalue weighted by Gasteiger charge is 2.10. The van der Waals surface area contributed by atoms with E-state index in [-0.39, 0.29) is 0 Å². The standard InChI is InChI=1S/C14H13N3O2S/c1-18-8-3-4-11-10(5-8)13(15)17-14(16-11)12-6-9(19-2)7-20-12/h3-7H,1-2H3,(H2,15,16,17). The average molecular weight is 287 g/mol. The van der Waals surface area contributed by atoms with Gasteiger partial charge in [-0.2, -0.15) is 0 Å². The number of fused-ring (bicyclic) bond motifs is 1. The second-order valence-electron chi connectivity index (χ2n) is 4.17. The van der Waals surface area contributed by atoms with Gasteiger partial charge in [0.25, 0.3) is 0 Å². The van der Waals surface area contributed by atoms with E-state index in [0.717, 1.165) is 27.3 Å². The Balaban J connectivity index is 2.14. The molecule has 0 fully saturated rings. The smallest absolute Gasteiger partial charge is 0.172 e. The predicted molar refractivity (Wildman–Crippen MR) is 80.4 cm³/mol. The lowest BCUT2D eigenvalue weighted by Gasteiger charge is -2.06. The van der Waals surface area contributed by atoms with Gasteiger partial charge >= 0.3 is 0 Å². The molecule has 0 aliphatic carbocycles. The van der Waals surface area contributed by atoms with Crippen molar-refractivity contribution in [3.63, 3.8) is 0 Å². The zero-order valence-corrected chi connectivity index (χ0v) is 11.9. The molecular weight excluding hydrogens is 274 g/mol. The monoisotopic (exact) mass is 287 g/mol. The van der Waals surface area contributed by atoms with Gasteiger partial charge in [-0.05, 0) is 18.2 Å². The van der Waals surface area contributed by atoms with Crippen molar-refractivity contribution in [2.75, 3.05) is 20.0 Å². The van der Waals surface area contributed by atoms with Crippen LogP contribution in [0.3, 0.4) is 0 Å². The minimum absolute atomic E-state index is 0.441. The summed E-state index contributed by atoms with van der Waals surface area (Å²) >= 11 is 1.52. The summed E-state index contributed by atoms with van der Waals surface area (Å²) in [7, 11) is 3.25. The zero-order valence-electron chi connectivity index (χ0n) is 11.1. The predicted octanol–water partition coefficient (Wildman–Crippen LogP) is 2.96. The number of ether oxygens (including phenoxy) is 2. The first-order valence-electron chi connectivity index (χ1n) is 5.95. The third-order valence-electron chi connectivity index (χ3n) is 2.96. The molecule has 0 atom stereocenters. The number of nitrogen functional groups attached to an aromatic ring is 1. The van der Waals surface area contributed by atoms with Crippen molar-refractivity contribution in [1.29, 1.82) is 0 Å². The van der Waals surface area contributed by atoms with Gasteiger partial charge in [0.05, 0.1) is 24.6 Å². The molecule has 0 unspecified atom stereocenters. The van der Waals surface area contributed by atoms with Gasteiger partial charge in [0.15, 0.2) is 5.82 Å². The fraction of sp³-hybridized carbons (Fsp3) is 0.143. The van der Waals surface area contributed by atoms with Gasteiger partial charge in [-0.1, -0.05) is 0 Å². The van der Waals surface area contributed by atoms with E-state index in [4.69, 9.17) is 15.2 Å². The molecule has 0 spiro atoms. The van der Waals surface area contributed by atoms with Crippen molar-refractivity contribution < 1.29 is 9.47 Å². The van der Waals surface area contributed by atoms with Crippen molar-refractivity contribution in [1.82, 2.24) is 9.97 Å². The van der Waals surface area contributed by atoms with Crippen LogP contribution >= 0.6 is 11.3 Å². The SMILES string of the molecule is COc1csc(-c2nc(N)c3cc(OC)ccc3n2)c1. The number of rotatable bonds is 3. The summed E-state index contributed by atoms with van der Waals surface area (Å²) in [6.07, 6.45) is 0. The Morgan fingerprint density at radius 1 is 1.05 bits per heavy atom. The second kappa shape index (κ2) is 4.97. The second-order valence-corrected chi connectivity index (χ2v) is 5.08. The molecule has 6 heteroatoms. The molecule has 0 amide bonds. The van der Waals surface area contributed by atoms with Crippen molar-refractivity contribution in [2.45, 2.75) is 0 Å². The van der Waals surface area contributed by atoms with Gasteiger partial charge in [-0.3, -0.25) is 0 Å². The third-order valence-corrected chi connectivity index (χ3v) is 3.87. The van der Waals surface area contributed by atoms with Crippen LogP contribution in [0.5, 0.6) is 11.5 Å². The first-order valence-corrected chi connectivity index (χ1v) is 6.83. The van der Waals surface area contributed by atoms with E-state index >= 15 is 0 Å². The van der Waals surface area contributed by atoms with E-state index in [2.05, 4.69) is 9.97 Å². The van der Waals surface area contributed by atoms with Crippen LogP contribution in [0.15, 0.2) is 29.6 Å². The lowest BCUT2D eigenvalue weighted by Crippen LogP contribution is -1.97. The Labute approximate surface area is 120 Å². The van der Waals surface area contributed by atoms with Gasteiger partial charge in [0.2, 0.25) is 0 Å². The first kappa shape index (κ1) is 12.7. The van der Waals surface area contributed by atoms with Crippen LogP contribution < -0.4 is 15.2 Å². The highest BCUT2D eigenvalue weighted by Crippen LogP contribution is 2.31. The summed E-state index contributed by atoms with van der Waals surface area (Å²) in [4.78, 5) is 9.82. The van der Waals surface area contributed by atoms with Gasteiger partial charge in [0, 0.05) is 16.8 Å². The highest BCUT2D eigenvalue weighted by molar-refractivity contribution is 7.13. The molecule has 20 heavy (non-hydrogen) atoms. The molecule has 0 aliphatic heterocycles. The van der Waals surface area contributed by atoms with Crippen LogP contribution in [0.2, 0.25) is 0 Å². The summed E-state index contributed by atoms with van der Waals surface area (Å²) in [6, 6.07) is 7.46. The van der Waals surface area contributed by atoms with Crippen LogP contribution in [0.4, 0.5) is 5.82 Å². The number of aromatic nitrogens is 2. The average Bonchev–Trinajstić information content (AvgIpc) is 2.96. The quantitative estimate of drug-likeness (QED) is 0.802. The molecule has 0 bridgehead atoms. The molecule has 3 aromatic rings. The molecule has 1 aromatic carbocycles. The topological polar surface area (TPSA) is 70.3 Å². The number of nitrogens with zero attached hydrogens (tertiary/aromatic N) is 2. The summed E-state index contributed by atoms with van der Waals surface area (Å²) < 4.78 is 10.4. The van der Waals surface area contributed by atoms with E-state index in [1.807, 2.05) is 29.6 Å². The fourth-order valence-electron chi connectivity index (χ4n) is 1.91. The van der Waals surface area contributed by atoms with Crippen LogP contribution in [-0.2, 0) is 0 Å². The number of nitrogens with two attached hydrogens (primary N) is 1. The molecule has 2 aromatic heterocycles. The summed E-state index contributed by atoms with van der Waals surface area (Å²) in [5.41, 5.74) is 6.82. The van der Waals surface area contributed by atoms with E-state index in [1.165, 1.54) is 11.3 Å². The number of thiophene rings is 1. The maximum atomic E-state index is 6.02. The van der Waals surface area contributed by atoms with Crippen molar-refractivity contribution in [3.05, 3.63) is 29.6 Å². The number of anilines is 1. The van der Waals surface area contributed by atoms with E-state index < -0.39 is 0 Å². The Kier molecular flexibility index (Phi) is 3.15. The molecule has 0 saturated carbocycles. The van der Waals surface area contributed by atoms with Gasteiger partial charge < -0.3 is 15.2 Å². The van der Waals surface area contributed by atoms with Crippen molar-refractivity contribution in [3.8, 4) is 22.2 Å². The molecule has 2 N–H and O–H groups in total. The number of hydrogen-bond donors (Lipinski definition) is 1.